The van der Waals surface area contributed by atoms with E-state index in [0.717, 1.165) is 12.3 Å². The highest BCUT2D eigenvalue weighted by Gasteiger charge is 2.22. The minimum Gasteiger partial charge on any atom is -0.394 e. The van der Waals surface area contributed by atoms with Crippen LogP contribution in [-0.4, -0.2) is 48.8 Å². The highest BCUT2D eigenvalue weighted by Crippen LogP contribution is 2.20. The summed E-state index contributed by atoms with van der Waals surface area (Å²) in [6, 6.07) is 0. The van der Waals surface area contributed by atoms with E-state index in [1.165, 1.54) is 45.3 Å². The molecule has 1 aliphatic rings. The Morgan fingerprint density at radius 2 is 2.18 bits per heavy atom. The second kappa shape index (κ2) is 7.34. The van der Waals surface area contributed by atoms with Crippen molar-refractivity contribution < 1.29 is 5.11 Å². The van der Waals surface area contributed by atoms with E-state index in [4.69, 9.17) is 0 Å². The minimum absolute atomic E-state index is 0.0863. The molecule has 1 fully saturated rings. The van der Waals surface area contributed by atoms with Crippen LogP contribution in [0, 0.1) is 5.92 Å². The molecule has 1 rings (SSSR count). The molecule has 0 aromatic rings. The molecular weight excluding hydrogens is 212 g/mol. The molecule has 1 heterocycles. The molecule has 3 heteroatoms. The van der Waals surface area contributed by atoms with Crippen LogP contribution in [0.25, 0.3) is 0 Å². The summed E-state index contributed by atoms with van der Waals surface area (Å²) in [5.74, 6) is 0.940. The van der Waals surface area contributed by atoms with Crippen LogP contribution in [-0.2, 0) is 0 Å². The number of rotatable bonds is 8. The monoisotopic (exact) mass is 242 g/mol. The number of likely N-dealkylation sites (tertiary alicyclic amines) is 1. The van der Waals surface area contributed by atoms with Gasteiger partial charge < -0.3 is 15.3 Å². The van der Waals surface area contributed by atoms with Crippen LogP contribution >= 0.6 is 0 Å². The molecule has 17 heavy (non-hydrogen) atoms. The van der Waals surface area contributed by atoms with Crippen molar-refractivity contribution in [3.63, 3.8) is 0 Å². The number of aliphatic hydroxyl groups is 1. The third-order valence-corrected chi connectivity index (χ3v) is 4.35. The molecule has 0 aromatic heterocycles. The Bertz CT molecular complexity index is 204. The number of nitrogens with zero attached hydrogens (tertiary/aromatic N) is 1. The Morgan fingerprint density at radius 3 is 2.71 bits per heavy atom. The third kappa shape index (κ3) is 4.94. The van der Waals surface area contributed by atoms with E-state index in [1.807, 2.05) is 7.05 Å². The van der Waals surface area contributed by atoms with Crippen LogP contribution in [0.15, 0.2) is 0 Å². The topological polar surface area (TPSA) is 35.5 Å². The van der Waals surface area contributed by atoms with Crippen molar-refractivity contribution in [3.05, 3.63) is 0 Å². The van der Waals surface area contributed by atoms with Gasteiger partial charge in [0, 0.05) is 12.1 Å². The quantitative estimate of drug-likeness (QED) is 0.638. The summed E-state index contributed by atoms with van der Waals surface area (Å²) < 4.78 is 0. The Hall–Kier alpha value is -0.120. The molecule has 3 nitrogen and oxygen atoms in total. The lowest BCUT2D eigenvalue weighted by molar-refractivity contribution is 0.169. The maximum absolute atomic E-state index is 9.29. The molecule has 0 aliphatic carbocycles. The fraction of sp³-hybridized carbons (Fsp3) is 1.00. The first-order valence-corrected chi connectivity index (χ1v) is 7.15. The second-order valence-electron chi connectivity index (χ2n) is 5.79. The third-order valence-electron chi connectivity index (χ3n) is 4.35. The fourth-order valence-electron chi connectivity index (χ4n) is 2.58. The molecule has 0 saturated carbocycles. The highest BCUT2D eigenvalue weighted by atomic mass is 16.3. The van der Waals surface area contributed by atoms with Crippen LogP contribution in [0.2, 0.25) is 0 Å². The lowest BCUT2D eigenvalue weighted by Gasteiger charge is -2.27. The predicted octanol–water partition coefficient (Wildman–Crippen LogP) is 1.86. The van der Waals surface area contributed by atoms with Crippen molar-refractivity contribution in [1.82, 2.24) is 10.2 Å². The van der Waals surface area contributed by atoms with Crippen LogP contribution in [0.5, 0.6) is 0 Å². The number of hydrogen-bond acceptors (Lipinski definition) is 3. The van der Waals surface area contributed by atoms with Gasteiger partial charge in [0.25, 0.3) is 0 Å². The van der Waals surface area contributed by atoms with Crippen molar-refractivity contribution in [1.29, 1.82) is 0 Å². The molecule has 1 aliphatic heterocycles. The number of unbranched alkanes of at least 4 members (excludes halogenated alkanes) is 1. The van der Waals surface area contributed by atoms with Gasteiger partial charge in [-0.3, -0.25) is 0 Å². The van der Waals surface area contributed by atoms with Crippen LogP contribution in [0.4, 0.5) is 0 Å². The van der Waals surface area contributed by atoms with Crippen molar-refractivity contribution >= 4 is 0 Å². The summed E-state index contributed by atoms with van der Waals surface area (Å²) in [7, 11) is 1.93. The molecule has 0 bridgehead atoms. The molecule has 1 saturated heterocycles. The molecule has 0 aromatic carbocycles. The summed E-state index contributed by atoms with van der Waals surface area (Å²) in [5.41, 5.74) is -0.0863. The standard InChI is InChI=1S/C14H30N2O/c1-4-13-7-10-16(11-13)9-6-5-8-14(2,12-17)15-3/h13,15,17H,4-12H2,1-3H3. The van der Waals surface area contributed by atoms with Gasteiger partial charge in [-0.15, -0.1) is 0 Å². The van der Waals surface area contributed by atoms with Crippen molar-refractivity contribution in [2.45, 2.75) is 51.5 Å². The molecule has 0 amide bonds. The number of aliphatic hydroxyl groups excluding tert-OH is 1. The smallest absolute Gasteiger partial charge is 0.0610 e. The molecule has 0 radical (unpaired) electrons. The number of hydrogen-bond donors (Lipinski definition) is 2. The first-order chi connectivity index (χ1) is 8.13. The van der Waals surface area contributed by atoms with Gasteiger partial charge in [-0.25, -0.2) is 0 Å². The van der Waals surface area contributed by atoms with E-state index < -0.39 is 0 Å². The van der Waals surface area contributed by atoms with Gasteiger partial charge in [0.05, 0.1) is 6.61 Å². The van der Waals surface area contributed by atoms with Gasteiger partial charge in [0.2, 0.25) is 0 Å². The molecule has 0 spiro atoms. The van der Waals surface area contributed by atoms with E-state index in [1.54, 1.807) is 0 Å². The lowest BCUT2D eigenvalue weighted by Crippen LogP contribution is -2.43. The average Bonchev–Trinajstić information content (AvgIpc) is 2.82. The maximum atomic E-state index is 9.29. The predicted molar refractivity (Wildman–Crippen MR) is 73.2 cm³/mol. The summed E-state index contributed by atoms with van der Waals surface area (Å²) >= 11 is 0. The normalized spacial score (nSPS) is 25.1. The van der Waals surface area contributed by atoms with Crippen molar-refractivity contribution in [3.8, 4) is 0 Å². The zero-order valence-corrected chi connectivity index (χ0v) is 11.8. The van der Waals surface area contributed by atoms with Gasteiger partial charge in [0.1, 0.15) is 0 Å². The van der Waals surface area contributed by atoms with E-state index in [0.29, 0.717) is 0 Å². The zero-order valence-electron chi connectivity index (χ0n) is 11.8. The fourth-order valence-corrected chi connectivity index (χ4v) is 2.58. The zero-order chi connectivity index (χ0) is 12.7. The second-order valence-corrected chi connectivity index (χ2v) is 5.79. The van der Waals surface area contributed by atoms with Gasteiger partial charge in [-0.1, -0.05) is 19.8 Å². The summed E-state index contributed by atoms with van der Waals surface area (Å²) in [6.45, 7) is 8.46. The Labute approximate surface area is 107 Å². The minimum atomic E-state index is -0.0863. The molecule has 102 valence electrons. The summed E-state index contributed by atoms with van der Waals surface area (Å²) in [4.78, 5) is 2.60. The van der Waals surface area contributed by atoms with Gasteiger partial charge >= 0.3 is 0 Å². The first-order valence-electron chi connectivity index (χ1n) is 7.15. The summed E-state index contributed by atoms with van der Waals surface area (Å²) in [6.07, 6.45) is 6.24. The maximum Gasteiger partial charge on any atom is 0.0610 e. The average molecular weight is 242 g/mol. The van der Waals surface area contributed by atoms with E-state index in [9.17, 15) is 5.11 Å². The number of nitrogens with one attached hydrogen (secondary N) is 1. The largest absolute Gasteiger partial charge is 0.394 e. The van der Waals surface area contributed by atoms with Gasteiger partial charge in [-0.2, -0.15) is 0 Å². The first kappa shape index (κ1) is 14.9. The van der Waals surface area contributed by atoms with Crippen molar-refractivity contribution in [2.24, 2.45) is 5.92 Å². The van der Waals surface area contributed by atoms with Crippen LogP contribution < -0.4 is 5.32 Å². The number of likely N-dealkylation sites (N-methyl/N-ethyl adjacent to an activating group) is 1. The Balaban J connectivity index is 2.08. The molecular formula is C14H30N2O. The van der Waals surface area contributed by atoms with Gasteiger partial charge in [0.15, 0.2) is 0 Å². The van der Waals surface area contributed by atoms with Crippen LogP contribution in [0.3, 0.4) is 0 Å². The van der Waals surface area contributed by atoms with Crippen LogP contribution in [0.1, 0.15) is 46.0 Å². The Morgan fingerprint density at radius 1 is 1.41 bits per heavy atom. The molecule has 2 unspecified atom stereocenters. The highest BCUT2D eigenvalue weighted by molar-refractivity contribution is 4.80. The van der Waals surface area contributed by atoms with E-state index in [2.05, 4.69) is 24.1 Å². The van der Waals surface area contributed by atoms with E-state index in [-0.39, 0.29) is 12.1 Å². The SMILES string of the molecule is CCC1CCN(CCCCC(C)(CO)NC)C1. The molecule has 2 atom stereocenters. The van der Waals surface area contributed by atoms with E-state index >= 15 is 0 Å². The van der Waals surface area contributed by atoms with Crippen molar-refractivity contribution in [2.75, 3.05) is 33.3 Å². The lowest BCUT2D eigenvalue weighted by atomic mass is 9.96. The Kier molecular flexibility index (Phi) is 6.45. The summed E-state index contributed by atoms with van der Waals surface area (Å²) in [5, 5.41) is 12.5. The van der Waals surface area contributed by atoms with Gasteiger partial charge in [-0.05, 0) is 52.2 Å². The molecule has 2 N–H and O–H groups in total.